The van der Waals surface area contributed by atoms with E-state index in [9.17, 15) is 4.39 Å². The van der Waals surface area contributed by atoms with Crippen molar-refractivity contribution < 1.29 is 4.39 Å². The maximum atomic E-state index is 13.7. The van der Waals surface area contributed by atoms with E-state index >= 15 is 0 Å². The van der Waals surface area contributed by atoms with Crippen molar-refractivity contribution in [3.63, 3.8) is 0 Å². The molecule has 0 unspecified atom stereocenters. The van der Waals surface area contributed by atoms with Crippen molar-refractivity contribution in [3.8, 4) is 11.8 Å². The van der Waals surface area contributed by atoms with Gasteiger partial charge in [0.1, 0.15) is 0 Å². The Bertz CT molecular complexity index is 754. The maximum Gasteiger partial charge on any atom is 0.249 e. The number of rotatable bonds is 4. The van der Waals surface area contributed by atoms with Crippen LogP contribution in [-0.4, -0.2) is 15.1 Å². The van der Waals surface area contributed by atoms with E-state index in [1.807, 2.05) is 24.3 Å². The molecule has 0 fully saturated rings. The number of thiocarbonyl (C=S) groups is 1. The fourth-order valence-electron chi connectivity index (χ4n) is 1.81. The van der Waals surface area contributed by atoms with Gasteiger partial charge in [0.25, 0.3) is 0 Å². The van der Waals surface area contributed by atoms with Crippen LogP contribution in [0.1, 0.15) is 36.6 Å². The Labute approximate surface area is 134 Å². The fourth-order valence-corrected chi connectivity index (χ4v) is 1.90. The van der Waals surface area contributed by atoms with E-state index in [2.05, 4.69) is 51.1 Å². The summed E-state index contributed by atoms with van der Waals surface area (Å²) in [4.78, 5) is 11.0. The van der Waals surface area contributed by atoms with Crippen LogP contribution in [0.3, 0.4) is 0 Å². The molecule has 0 amide bonds. The predicted octanol–water partition coefficient (Wildman–Crippen LogP) is 4.09. The normalized spacial score (nSPS) is 9.55. The predicted molar refractivity (Wildman–Crippen MR) is 87.7 cm³/mol. The smallest absolute Gasteiger partial charge is 0.239 e. The maximum absolute atomic E-state index is 13.7. The van der Waals surface area contributed by atoms with Crippen LogP contribution in [0.25, 0.3) is 0 Å². The molecule has 22 heavy (non-hydrogen) atoms. The average Bonchev–Trinajstić information content (AvgIpc) is 2.53. The molecule has 0 N–H and O–H groups in total. The molecule has 0 saturated carbocycles. The topological polar surface area (TPSA) is 38.1 Å². The van der Waals surface area contributed by atoms with Gasteiger partial charge >= 0.3 is 0 Å². The summed E-state index contributed by atoms with van der Waals surface area (Å²) in [6.07, 6.45) is 4.71. The summed E-state index contributed by atoms with van der Waals surface area (Å²) in [6.45, 7) is 2.17. The molecule has 0 radical (unpaired) electrons. The van der Waals surface area contributed by atoms with E-state index in [0.29, 0.717) is 0 Å². The Morgan fingerprint density at radius 3 is 2.64 bits per heavy atom. The van der Waals surface area contributed by atoms with Crippen LogP contribution in [0.2, 0.25) is 0 Å². The van der Waals surface area contributed by atoms with Crippen molar-refractivity contribution >= 4 is 23.2 Å². The molecule has 5 heteroatoms. The third-order valence-corrected chi connectivity index (χ3v) is 3.07. The number of unbranched alkanes of at least 4 members (excludes halogenated alkanes) is 1. The Balaban J connectivity index is 2.14. The van der Waals surface area contributed by atoms with Gasteiger partial charge in [0.15, 0.2) is 11.5 Å². The van der Waals surface area contributed by atoms with Crippen molar-refractivity contribution in [1.82, 2.24) is 9.97 Å². The Morgan fingerprint density at radius 2 is 2.00 bits per heavy atom. The van der Waals surface area contributed by atoms with Gasteiger partial charge in [-0.15, -0.1) is 0 Å². The highest BCUT2D eigenvalue weighted by atomic mass is 32.1. The molecule has 1 aromatic carbocycles. The van der Waals surface area contributed by atoms with Crippen LogP contribution in [0, 0.1) is 17.8 Å². The molecule has 0 aliphatic rings. The molecule has 0 spiro atoms. The lowest BCUT2D eigenvalue weighted by Gasteiger charge is -1.99. The Kier molecular flexibility index (Phi) is 5.91. The molecule has 0 atom stereocenters. The van der Waals surface area contributed by atoms with Gasteiger partial charge in [0.05, 0.1) is 11.4 Å². The van der Waals surface area contributed by atoms with Gasteiger partial charge in [0, 0.05) is 5.56 Å². The molecule has 0 aliphatic carbocycles. The van der Waals surface area contributed by atoms with Crippen molar-refractivity contribution in [2.24, 2.45) is 4.99 Å². The van der Waals surface area contributed by atoms with E-state index in [-0.39, 0.29) is 11.5 Å². The highest BCUT2D eigenvalue weighted by molar-refractivity contribution is 7.78. The number of hydrogen-bond donors (Lipinski definition) is 0. The van der Waals surface area contributed by atoms with Crippen molar-refractivity contribution in [2.75, 3.05) is 0 Å². The minimum atomic E-state index is -0.765. The van der Waals surface area contributed by atoms with Gasteiger partial charge in [0.2, 0.25) is 5.95 Å². The first kappa shape index (κ1) is 16.0. The van der Waals surface area contributed by atoms with Gasteiger partial charge < -0.3 is 0 Å². The third-order valence-electron chi connectivity index (χ3n) is 2.98. The fraction of sp³-hybridized carbons (Fsp3) is 0.235. The summed E-state index contributed by atoms with van der Waals surface area (Å²) < 4.78 is 13.7. The third kappa shape index (κ3) is 4.56. The number of nitrogens with zero attached hydrogens (tertiary/aromatic N) is 3. The zero-order valence-corrected chi connectivity index (χ0v) is 13.0. The number of aliphatic imine (C=N–C) groups is 1. The van der Waals surface area contributed by atoms with Gasteiger partial charge in [-0.25, -0.2) is 4.98 Å². The van der Waals surface area contributed by atoms with Crippen LogP contribution in [0.4, 0.5) is 10.2 Å². The van der Waals surface area contributed by atoms with Crippen molar-refractivity contribution in [3.05, 3.63) is 53.2 Å². The quantitative estimate of drug-likeness (QED) is 0.485. The van der Waals surface area contributed by atoms with Crippen molar-refractivity contribution in [1.29, 1.82) is 0 Å². The van der Waals surface area contributed by atoms with Crippen LogP contribution >= 0.6 is 12.2 Å². The lowest BCUT2D eigenvalue weighted by Crippen LogP contribution is -1.93. The standard InChI is InChI=1S/C17H14FN3S/c1-2-3-4-13-5-7-14(8-6-13)9-10-15-17(18)21-16(11-19-15)20-12-22/h5-8,11H,2-4H2,1H3. The molecular formula is C17H14FN3S. The van der Waals surface area contributed by atoms with Crippen LogP contribution in [0.5, 0.6) is 0 Å². The van der Waals surface area contributed by atoms with Crippen molar-refractivity contribution in [2.45, 2.75) is 26.2 Å². The van der Waals surface area contributed by atoms with E-state index in [1.54, 1.807) is 0 Å². The highest BCUT2D eigenvalue weighted by Crippen LogP contribution is 2.09. The number of aryl methyl sites for hydroxylation is 1. The molecule has 0 aliphatic heterocycles. The van der Waals surface area contributed by atoms with Crippen LogP contribution in [0.15, 0.2) is 35.5 Å². The monoisotopic (exact) mass is 311 g/mol. The van der Waals surface area contributed by atoms with E-state index < -0.39 is 5.95 Å². The first-order valence-electron chi connectivity index (χ1n) is 6.94. The van der Waals surface area contributed by atoms with E-state index in [4.69, 9.17) is 0 Å². The summed E-state index contributed by atoms with van der Waals surface area (Å²) >= 11 is 4.43. The lowest BCUT2D eigenvalue weighted by atomic mass is 10.1. The van der Waals surface area contributed by atoms with Crippen LogP contribution < -0.4 is 0 Å². The molecule has 3 nitrogen and oxygen atoms in total. The molecule has 2 rings (SSSR count). The zero-order valence-electron chi connectivity index (χ0n) is 12.1. The molecule has 1 aromatic heterocycles. The number of isothiocyanates is 1. The molecule has 0 saturated heterocycles. The average molecular weight is 311 g/mol. The summed E-state index contributed by atoms with van der Waals surface area (Å²) in [6, 6.07) is 7.93. The minimum absolute atomic E-state index is 0.0154. The number of aromatic nitrogens is 2. The molecular weight excluding hydrogens is 297 g/mol. The minimum Gasteiger partial charge on any atom is -0.239 e. The van der Waals surface area contributed by atoms with Gasteiger partial charge in [-0.3, -0.25) is 0 Å². The highest BCUT2D eigenvalue weighted by Gasteiger charge is 2.03. The molecule has 2 aromatic rings. The molecule has 1 heterocycles. The van der Waals surface area contributed by atoms with Gasteiger partial charge in [-0.2, -0.15) is 14.4 Å². The lowest BCUT2D eigenvalue weighted by molar-refractivity contribution is 0.573. The largest absolute Gasteiger partial charge is 0.249 e. The first-order valence-corrected chi connectivity index (χ1v) is 7.35. The van der Waals surface area contributed by atoms with E-state index in [0.717, 1.165) is 12.0 Å². The summed E-state index contributed by atoms with van der Waals surface area (Å²) in [5.74, 6) is 4.87. The second-order valence-electron chi connectivity index (χ2n) is 4.62. The zero-order chi connectivity index (χ0) is 15.8. The van der Waals surface area contributed by atoms with Crippen LogP contribution in [-0.2, 0) is 6.42 Å². The van der Waals surface area contributed by atoms with Gasteiger partial charge in [-0.05, 0) is 48.7 Å². The second-order valence-corrected chi connectivity index (χ2v) is 4.80. The summed E-state index contributed by atoms with van der Waals surface area (Å²) in [5, 5.41) is 2.11. The second kappa shape index (κ2) is 8.14. The number of benzene rings is 1. The Hall–Kier alpha value is -2.41. The molecule has 110 valence electrons. The number of halogens is 1. The van der Waals surface area contributed by atoms with Gasteiger partial charge in [-0.1, -0.05) is 31.4 Å². The SMILES string of the molecule is CCCCc1ccc(C#Cc2ncc(N=C=S)nc2F)cc1. The number of hydrogen-bond acceptors (Lipinski definition) is 4. The summed E-state index contributed by atoms with van der Waals surface area (Å²) in [7, 11) is 0. The Morgan fingerprint density at radius 1 is 1.23 bits per heavy atom. The molecule has 0 bridgehead atoms. The van der Waals surface area contributed by atoms with E-state index in [1.165, 1.54) is 24.6 Å². The first-order chi connectivity index (χ1) is 10.7. The summed E-state index contributed by atoms with van der Waals surface area (Å²) in [5.41, 5.74) is 2.07.